The van der Waals surface area contributed by atoms with Gasteiger partial charge in [0, 0.05) is 12.1 Å². The van der Waals surface area contributed by atoms with Gasteiger partial charge in [-0.1, -0.05) is 20.8 Å². The number of thiophene rings is 1. The van der Waals surface area contributed by atoms with E-state index in [4.69, 9.17) is 0 Å². The van der Waals surface area contributed by atoms with Crippen molar-refractivity contribution in [3.63, 3.8) is 0 Å². The second-order valence-electron chi connectivity index (χ2n) is 6.56. The lowest BCUT2D eigenvalue weighted by Crippen LogP contribution is -2.39. The minimum Gasteiger partial charge on any atom is -0.311 e. The molecular formula is C15H25NS. The van der Waals surface area contributed by atoms with Gasteiger partial charge in [-0.05, 0) is 59.9 Å². The van der Waals surface area contributed by atoms with Gasteiger partial charge in [-0.15, -0.1) is 0 Å². The molecule has 1 aliphatic rings. The first-order chi connectivity index (χ1) is 7.96. The zero-order valence-corrected chi connectivity index (χ0v) is 12.3. The summed E-state index contributed by atoms with van der Waals surface area (Å²) < 4.78 is 0. The van der Waals surface area contributed by atoms with Crippen LogP contribution in [0.4, 0.5) is 0 Å². The molecule has 0 bridgehead atoms. The lowest BCUT2D eigenvalue weighted by Gasteiger charge is -2.23. The van der Waals surface area contributed by atoms with Crippen LogP contribution in [0.5, 0.6) is 0 Å². The van der Waals surface area contributed by atoms with Gasteiger partial charge in [0.05, 0.1) is 0 Å². The predicted octanol–water partition coefficient (Wildman–Crippen LogP) is 4.09. The van der Waals surface area contributed by atoms with Gasteiger partial charge < -0.3 is 5.32 Å². The smallest absolute Gasteiger partial charge is 0.0101 e. The van der Waals surface area contributed by atoms with Crippen LogP contribution in [0.1, 0.15) is 46.1 Å². The van der Waals surface area contributed by atoms with Crippen LogP contribution in [0.2, 0.25) is 0 Å². The standard InChI is InChI=1S/C15H25NS/c1-11-8-15(3,4)9-14(11)16-12(2)7-13-5-6-17-10-13/h5-6,10-12,14,16H,7-9H2,1-4H3. The molecule has 1 aromatic rings. The Morgan fingerprint density at radius 1 is 1.47 bits per heavy atom. The van der Waals surface area contributed by atoms with Crippen molar-refractivity contribution in [2.24, 2.45) is 11.3 Å². The summed E-state index contributed by atoms with van der Waals surface area (Å²) in [6.07, 6.45) is 3.84. The third kappa shape index (κ3) is 3.56. The molecule has 17 heavy (non-hydrogen) atoms. The van der Waals surface area contributed by atoms with Crippen molar-refractivity contribution < 1.29 is 0 Å². The fourth-order valence-electron chi connectivity index (χ4n) is 3.30. The van der Waals surface area contributed by atoms with Crippen LogP contribution in [-0.2, 0) is 6.42 Å². The Bertz CT molecular complexity index is 342. The summed E-state index contributed by atoms with van der Waals surface area (Å²) in [5.74, 6) is 0.815. The molecule has 96 valence electrons. The summed E-state index contributed by atoms with van der Waals surface area (Å²) in [4.78, 5) is 0. The fourth-order valence-corrected chi connectivity index (χ4v) is 3.99. The van der Waals surface area contributed by atoms with Crippen LogP contribution in [-0.4, -0.2) is 12.1 Å². The van der Waals surface area contributed by atoms with E-state index in [1.165, 1.54) is 18.4 Å². The van der Waals surface area contributed by atoms with E-state index in [1.54, 1.807) is 11.3 Å². The Morgan fingerprint density at radius 3 is 2.76 bits per heavy atom. The summed E-state index contributed by atoms with van der Waals surface area (Å²) in [5.41, 5.74) is 2.00. The van der Waals surface area contributed by atoms with Crippen molar-refractivity contribution in [2.45, 2.75) is 59.0 Å². The molecule has 0 aliphatic heterocycles. The van der Waals surface area contributed by atoms with E-state index in [2.05, 4.69) is 49.8 Å². The minimum atomic E-state index is 0.527. The third-order valence-electron chi connectivity index (χ3n) is 3.95. The van der Waals surface area contributed by atoms with Gasteiger partial charge in [0.1, 0.15) is 0 Å². The second-order valence-corrected chi connectivity index (χ2v) is 7.34. The Kier molecular flexibility index (Phi) is 3.94. The molecule has 1 heterocycles. The molecule has 0 saturated heterocycles. The molecule has 0 aromatic carbocycles. The van der Waals surface area contributed by atoms with E-state index >= 15 is 0 Å². The van der Waals surface area contributed by atoms with Gasteiger partial charge in [-0.2, -0.15) is 11.3 Å². The normalized spacial score (nSPS) is 29.4. The predicted molar refractivity (Wildman–Crippen MR) is 76.6 cm³/mol. The Hall–Kier alpha value is -0.340. The summed E-state index contributed by atoms with van der Waals surface area (Å²) >= 11 is 1.80. The topological polar surface area (TPSA) is 12.0 Å². The molecule has 1 aliphatic carbocycles. The van der Waals surface area contributed by atoms with Crippen LogP contribution in [0.25, 0.3) is 0 Å². The van der Waals surface area contributed by atoms with E-state index in [0.29, 0.717) is 17.5 Å². The van der Waals surface area contributed by atoms with Gasteiger partial charge in [-0.25, -0.2) is 0 Å². The molecule has 1 saturated carbocycles. The molecule has 2 heteroatoms. The molecule has 0 radical (unpaired) electrons. The van der Waals surface area contributed by atoms with Gasteiger partial charge in [-0.3, -0.25) is 0 Å². The fraction of sp³-hybridized carbons (Fsp3) is 0.733. The van der Waals surface area contributed by atoms with Crippen molar-refractivity contribution in [1.29, 1.82) is 0 Å². The molecule has 0 amide bonds. The SMILES string of the molecule is CC(Cc1ccsc1)NC1CC(C)(C)CC1C. The quantitative estimate of drug-likeness (QED) is 0.850. The van der Waals surface area contributed by atoms with E-state index in [0.717, 1.165) is 12.3 Å². The van der Waals surface area contributed by atoms with E-state index < -0.39 is 0 Å². The van der Waals surface area contributed by atoms with Crippen LogP contribution < -0.4 is 5.32 Å². The summed E-state index contributed by atoms with van der Waals surface area (Å²) in [5, 5.41) is 8.26. The first-order valence-corrected chi connectivity index (χ1v) is 7.68. The lowest BCUT2D eigenvalue weighted by molar-refractivity contribution is 0.354. The summed E-state index contributed by atoms with van der Waals surface area (Å²) in [7, 11) is 0. The molecular weight excluding hydrogens is 226 g/mol. The van der Waals surface area contributed by atoms with Gasteiger partial charge in [0.15, 0.2) is 0 Å². The van der Waals surface area contributed by atoms with Crippen molar-refractivity contribution in [3.8, 4) is 0 Å². The van der Waals surface area contributed by atoms with Crippen molar-refractivity contribution in [1.82, 2.24) is 5.32 Å². The molecule has 2 rings (SSSR count). The maximum Gasteiger partial charge on any atom is 0.0101 e. The number of hydrogen-bond acceptors (Lipinski definition) is 2. The Morgan fingerprint density at radius 2 is 2.24 bits per heavy atom. The molecule has 0 spiro atoms. The maximum atomic E-state index is 3.83. The van der Waals surface area contributed by atoms with Crippen LogP contribution in [0, 0.1) is 11.3 Å². The Balaban J connectivity index is 1.85. The number of nitrogens with one attached hydrogen (secondary N) is 1. The number of hydrogen-bond donors (Lipinski definition) is 1. The van der Waals surface area contributed by atoms with Crippen molar-refractivity contribution in [3.05, 3.63) is 22.4 Å². The molecule has 1 fully saturated rings. The third-order valence-corrected chi connectivity index (χ3v) is 4.69. The monoisotopic (exact) mass is 251 g/mol. The Labute approximate surface area is 110 Å². The average molecular weight is 251 g/mol. The highest BCUT2D eigenvalue weighted by Crippen LogP contribution is 2.41. The molecule has 3 unspecified atom stereocenters. The first-order valence-electron chi connectivity index (χ1n) is 6.73. The molecule has 1 nitrogen and oxygen atoms in total. The van der Waals surface area contributed by atoms with E-state index in [-0.39, 0.29) is 0 Å². The van der Waals surface area contributed by atoms with Gasteiger partial charge >= 0.3 is 0 Å². The zero-order valence-electron chi connectivity index (χ0n) is 11.5. The highest BCUT2D eigenvalue weighted by molar-refractivity contribution is 7.07. The summed E-state index contributed by atoms with van der Waals surface area (Å²) in [6, 6.07) is 3.54. The van der Waals surface area contributed by atoms with Crippen LogP contribution >= 0.6 is 11.3 Å². The molecule has 1 N–H and O–H groups in total. The van der Waals surface area contributed by atoms with Gasteiger partial charge in [0.2, 0.25) is 0 Å². The van der Waals surface area contributed by atoms with Crippen molar-refractivity contribution >= 4 is 11.3 Å². The highest BCUT2D eigenvalue weighted by atomic mass is 32.1. The van der Waals surface area contributed by atoms with Crippen LogP contribution in [0.3, 0.4) is 0 Å². The second kappa shape index (κ2) is 5.11. The van der Waals surface area contributed by atoms with Crippen LogP contribution in [0.15, 0.2) is 16.8 Å². The van der Waals surface area contributed by atoms with Gasteiger partial charge in [0.25, 0.3) is 0 Å². The maximum absolute atomic E-state index is 3.83. The lowest BCUT2D eigenvalue weighted by atomic mass is 9.91. The summed E-state index contributed by atoms with van der Waals surface area (Å²) in [6.45, 7) is 9.50. The molecule has 1 aromatic heterocycles. The highest BCUT2D eigenvalue weighted by Gasteiger charge is 2.36. The first kappa shape index (κ1) is 13.1. The van der Waals surface area contributed by atoms with E-state index in [9.17, 15) is 0 Å². The minimum absolute atomic E-state index is 0.527. The largest absolute Gasteiger partial charge is 0.311 e. The van der Waals surface area contributed by atoms with Crippen molar-refractivity contribution in [2.75, 3.05) is 0 Å². The average Bonchev–Trinajstić information content (AvgIpc) is 2.75. The van der Waals surface area contributed by atoms with E-state index in [1.807, 2.05) is 0 Å². The molecule has 3 atom stereocenters. The number of rotatable bonds is 4. The zero-order chi connectivity index (χ0) is 12.5.